The Morgan fingerprint density at radius 3 is 2.50 bits per heavy atom. The molecule has 0 aliphatic carbocycles. The van der Waals surface area contributed by atoms with E-state index in [0.29, 0.717) is 0 Å². The number of rotatable bonds is 3. The number of hydrogen-bond acceptors (Lipinski definition) is 0. The highest BCUT2D eigenvalue weighted by atomic mass is 14.1. The summed E-state index contributed by atoms with van der Waals surface area (Å²) in [5.74, 6) is 0. The van der Waals surface area contributed by atoms with Crippen molar-refractivity contribution in [3.63, 3.8) is 0 Å². The molecule has 0 atom stereocenters. The maximum absolute atomic E-state index is 3.81. The molecule has 1 rings (SSSR count). The first kappa shape index (κ1) is 9.05. The molecule has 0 bridgehead atoms. The fourth-order valence-electron chi connectivity index (χ4n) is 1.61. The Morgan fingerprint density at radius 1 is 1.25 bits per heavy atom. The van der Waals surface area contributed by atoms with Gasteiger partial charge in [-0.15, -0.1) is 0 Å². The highest BCUT2D eigenvalue weighted by molar-refractivity contribution is 5.54. The van der Waals surface area contributed by atoms with Crippen LogP contribution < -0.4 is 0 Å². The van der Waals surface area contributed by atoms with Crippen LogP contribution in [0.5, 0.6) is 0 Å². The van der Waals surface area contributed by atoms with E-state index in [1.165, 1.54) is 16.7 Å². The normalized spacial score (nSPS) is 9.83. The fraction of sp³-hybridized carbons (Fsp3) is 0.333. The van der Waals surface area contributed by atoms with E-state index < -0.39 is 0 Å². The monoisotopic (exact) mass is 160 g/mol. The second-order valence-electron chi connectivity index (χ2n) is 2.90. The van der Waals surface area contributed by atoms with Gasteiger partial charge in [0.05, 0.1) is 0 Å². The lowest BCUT2D eigenvalue weighted by molar-refractivity contribution is 1.03. The molecule has 64 valence electrons. The number of aryl methyl sites for hydroxylation is 1. The van der Waals surface area contributed by atoms with E-state index in [4.69, 9.17) is 0 Å². The van der Waals surface area contributed by atoms with Gasteiger partial charge in [0, 0.05) is 0 Å². The van der Waals surface area contributed by atoms with E-state index in [1.807, 2.05) is 6.08 Å². The summed E-state index contributed by atoms with van der Waals surface area (Å²) in [7, 11) is 0. The first-order valence-electron chi connectivity index (χ1n) is 4.56. The predicted molar refractivity (Wildman–Crippen MR) is 55.3 cm³/mol. The zero-order chi connectivity index (χ0) is 8.97. The molecule has 0 aliphatic rings. The smallest absolute Gasteiger partial charge is 0.0228 e. The summed E-state index contributed by atoms with van der Waals surface area (Å²) in [4.78, 5) is 0. The van der Waals surface area contributed by atoms with Crippen molar-refractivity contribution >= 4 is 6.08 Å². The van der Waals surface area contributed by atoms with Crippen molar-refractivity contribution in [2.45, 2.75) is 26.7 Å². The lowest BCUT2D eigenvalue weighted by atomic mass is 9.97. The Morgan fingerprint density at radius 2 is 2.00 bits per heavy atom. The maximum Gasteiger partial charge on any atom is -0.0228 e. The summed E-state index contributed by atoms with van der Waals surface area (Å²) in [6.45, 7) is 8.21. The molecule has 0 radical (unpaired) electrons. The van der Waals surface area contributed by atoms with E-state index >= 15 is 0 Å². The summed E-state index contributed by atoms with van der Waals surface area (Å²) in [6, 6.07) is 6.44. The lowest BCUT2D eigenvalue weighted by Crippen LogP contribution is -1.93. The first-order chi connectivity index (χ1) is 5.83. The molecule has 1 aromatic carbocycles. The molecule has 0 spiro atoms. The van der Waals surface area contributed by atoms with Crippen LogP contribution in [0.4, 0.5) is 0 Å². The van der Waals surface area contributed by atoms with Crippen molar-refractivity contribution < 1.29 is 0 Å². The van der Waals surface area contributed by atoms with Gasteiger partial charge in [-0.05, 0) is 29.5 Å². The van der Waals surface area contributed by atoms with Crippen LogP contribution in [0.3, 0.4) is 0 Å². The third-order valence-electron chi connectivity index (χ3n) is 2.26. The van der Waals surface area contributed by atoms with Gasteiger partial charge in [-0.25, -0.2) is 0 Å². The zero-order valence-electron chi connectivity index (χ0n) is 7.93. The quantitative estimate of drug-likeness (QED) is 0.635. The van der Waals surface area contributed by atoms with Gasteiger partial charge in [-0.2, -0.15) is 0 Å². The van der Waals surface area contributed by atoms with E-state index in [2.05, 4.69) is 38.6 Å². The molecular weight excluding hydrogens is 144 g/mol. The van der Waals surface area contributed by atoms with Crippen LogP contribution in [0.15, 0.2) is 24.8 Å². The Bertz CT molecular complexity index is 271. The zero-order valence-corrected chi connectivity index (χ0v) is 7.93. The van der Waals surface area contributed by atoms with Crippen molar-refractivity contribution in [1.29, 1.82) is 0 Å². The fourth-order valence-corrected chi connectivity index (χ4v) is 1.61. The minimum absolute atomic E-state index is 1.10. The van der Waals surface area contributed by atoms with Gasteiger partial charge in [-0.3, -0.25) is 0 Å². The molecule has 0 unspecified atom stereocenters. The molecule has 12 heavy (non-hydrogen) atoms. The minimum atomic E-state index is 1.10. The van der Waals surface area contributed by atoms with Gasteiger partial charge in [0.1, 0.15) is 0 Å². The molecule has 0 heterocycles. The number of benzene rings is 1. The third-order valence-corrected chi connectivity index (χ3v) is 2.26. The largest absolute Gasteiger partial charge is 0.0985 e. The Kier molecular flexibility index (Phi) is 3.09. The predicted octanol–water partition coefficient (Wildman–Crippen LogP) is 3.45. The minimum Gasteiger partial charge on any atom is -0.0985 e. The number of hydrogen-bond donors (Lipinski definition) is 0. The van der Waals surface area contributed by atoms with Gasteiger partial charge >= 0.3 is 0 Å². The maximum atomic E-state index is 3.81. The second kappa shape index (κ2) is 4.10. The highest BCUT2D eigenvalue weighted by Gasteiger charge is 2.01. The molecule has 0 N–H and O–H groups in total. The summed E-state index contributed by atoms with van der Waals surface area (Å²) in [5, 5.41) is 0. The highest BCUT2D eigenvalue weighted by Crippen LogP contribution is 2.17. The SMILES string of the molecule is C=Cc1cccc(CC)c1CC. The van der Waals surface area contributed by atoms with Gasteiger partial charge in [-0.1, -0.05) is 44.7 Å². The van der Waals surface area contributed by atoms with Crippen molar-refractivity contribution in [3.8, 4) is 0 Å². The molecule has 0 nitrogen and oxygen atoms in total. The first-order valence-corrected chi connectivity index (χ1v) is 4.56. The van der Waals surface area contributed by atoms with E-state index in [1.54, 1.807) is 0 Å². The van der Waals surface area contributed by atoms with Crippen molar-refractivity contribution in [3.05, 3.63) is 41.5 Å². The Balaban J connectivity index is 3.21. The molecule has 1 aromatic rings. The molecule has 0 saturated heterocycles. The molecule has 0 heteroatoms. The average Bonchev–Trinajstić information content (AvgIpc) is 2.16. The van der Waals surface area contributed by atoms with E-state index in [9.17, 15) is 0 Å². The van der Waals surface area contributed by atoms with Crippen molar-refractivity contribution in [1.82, 2.24) is 0 Å². The molecule has 0 aromatic heterocycles. The van der Waals surface area contributed by atoms with Crippen molar-refractivity contribution in [2.24, 2.45) is 0 Å². The Labute approximate surface area is 74.9 Å². The Hall–Kier alpha value is -1.04. The summed E-state index contributed by atoms with van der Waals surface area (Å²) in [6.07, 6.45) is 4.16. The summed E-state index contributed by atoms with van der Waals surface area (Å²) >= 11 is 0. The average molecular weight is 160 g/mol. The van der Waals surface area contributed by atoms with Gasteiger partial charge in [0.15, 0.2) is 0 Å². The van der Waals surface area contributed by atoms with Crippen LogP contribution >= 0.6 is 0 Å². The standard InChI is InChI=1S/C12H16/c1-4-10-8-7-9-11(5-2)12(10)6-3/h4,7-9H,1,5-6H2,2-3H3. The van der Waals surface area contributed by atoms with Crippen LogP contribution in [0.25, 0.3) is 6.08 Å². The molecule has 0 amide bonds. The molecule has 0 saturated carbocycles. The van der Waals surface area contributed by atoms with Gasteiger partial charge < -0.3 is 0 Å². The van der Waals surface area contributed by atoms with Crippen LogP contribution in [0, 0.1) is 0 Å². The van der Waals surface area contributed by atoms with Gasteiger partial charge in [0.25, 0.3) is 0 Å². The van der Waals surface area contributed by atoms with Gasteiger partial charge in [0.2, 0.25) is 0 Å². The van der Waals surface area contributed by atoms with Crippen LogP contribution in [-0.2, 0) is 12.8 Å². The lowest BCUT2D eigenvalue weighted by Gasteiger charge is -2.08. The summed E-state index contributed by atoms with van der Waals surface area (Å²) < 4.78 is 0. The molecule has 0 aliphatic heterocycles. The van der Waals surface area contributed by atoms with Crippen LogP contribution in [0.2, 0.25) is 0 Å². The molecule has 0 fully saturated rings. The van der Waals surface area contributed by atoms with E-state index in [-0.39, 0.29) is 0 Å². The van der Waals surface area contributed by atoms with Crippen molar-refractivity contribution in [2.75, 3.05) is 0 Å². The van der Waals surface area contributed by atoms with E-state index in [0.717, 1.165) is 12.8 Å². The third kappa shape index (κ3) is 1.58. The topological polar surface area (TPSA) is 0 Å². The second-order valence-corrected chi connectivity index (χ2v) is 2.90. The summed E-state index contributed by atoms with van der Waals surface area (Å²) in [5.41, 5.74) is 4.20. The van der Waals surface area contributed by atoms with Crippen LogP contribution in [-0.4, -0.2) is 0 Å². The van der Waals surface area contributed by atoms with Crippen LogP contribution in [0.1, 0.15) is 30.5 Å². The molecular formula is C12H16.